The Bertz CT molecular complexity index is 783. The Kier molecular flexibility index (Phi) is 8.84. The molecule has 0 aliphatic rings. The topological polar surface area (TPSA) is 71.5 Å². The molecule has 6 nitrogen and oxygen atoms in total. The first-order valence-corrected chi connectivity index (χ1v) is 10.1. The molecule has 0 fully saturated rings. The average molecular weight is 402 g/mol. The van der Waals surface area contributed by atoms with Gasteiger partial charge in [-0.05, 0) is 38.8 Å². The monoisotopic (exact) mass is 401 g/mol. The van der Waals surface area contributed by atoms with Gasteiger partial charge in [0.05, 0.1) is 5.69 Å². The van der Waals surface area contributed by atoms with Gasteiger partial charge in [-0.3, -0.25) is 9.59 Å². The van der Waals surface area contributed by atoms with E-state index in [0.29, 0.717) is 31.3 Å². The van der Waals surface area contributed by atoms with E-state index in [0.717, 1.165) is 16.1 Å². The zero-order chi connectivity index (χ0) is 20.4. The van der Waals surface area contributed by atoms with Crippen molar-refractivity contribution >= 4 is 34.4 Å². The van der Waals surface area contributed by atoms with Crippen LogP contribution in [0.4, 0.5) is 5.13 Å². The van der Waals surface area contributed by atoms with Gasteiger partial charge < -0.3 is 15.0 Å². The van der Waals surface area contributed by atoms with Gasteiger partial charge in [-0.15, -0.1) is 11.3 Å². The van der Waals surface area contributed by atoms with Crippen molar-refractivity contribution in [3.63, 3.8) is 0 Å². The van der Waals surface area contributed by atoms with E-state index in [1.165, 1.54) is 22.3 Å². The summed E-state index contributed by atoms with van der Waals surface area (Å²) in [4.78, 5) is 32.0. The van der Waals surface area contributed by atoms with E-state index < -0.39 is 0 Å². The van der Waals surface area contributed by atoms with Gasteiger partial charge in [-0.2, -0.15) is 0 Å². The van der Waals surface area contributed by atoms with Crippen LogP contribution in [0.25, 0.3) is 6.08 Å². The minimum Gasteiger partial charge on any atom is -0.382 e. The number of carbonyl (C=O) groups is 2. The van der Waals surface area contributed by atoms with Gasteiger partial charge in [0.25, 0.3) is 0 Å². The fourth-order valence-electron chi connectivity index (χ4n) is 2.46. The lowest BCUT2D eigenvalue weighted by Gasteiger charge is -2.20. The minimum absolute atomic E-state index is 0.0260. The first-order chi connectivity index (χ1) is 13.5. The highest BCUT2D eigenvalue weighted by Gasteiger charge is 2.16. The highest BCUT2D eigenvalue weighted by Crippen LogP contribution is 2.20. The average Bonchev–Trinajstić information content (AvgIpc) is 3.00. The van der Waals surface area contributed by atoms with Crippen LogP contribution in [-0.2, 0) is 14.3 Å². The molecular weight excluding hydrogens is 374 g/mol. The fourth-order valence-corrected chi connectivity index (χ4v) is 3.30. The summed E-state index contributed by atoms with van der Waals surface area (Å²) in [5.74, 6) is -0.464. The van der Waals surface area contributed by atoms with Crippen molar-refractivity contribution in [1.82, 2.24) is 9.88 Å². The molecule has 1 heterocycles. The second-order valence-electron chi connectivity index (χ2n) is 6.26. The number of anilines is 1. The molecule has 2 aromatic rings. The first-order valence-electron chi connectivity index (χ1n) is 9.33. The Hall–Kier alpha value is -2.51. The van der Waals surface area contributed by atoms with Crippen molar-refractivity contribution in [2.75, 3.05) is 31.6 Å². The van der Waals surface area contributed by atoms with Gasteiger partial charge in [0.15, 0.2) is 5.13 Å². The molecule has 0 spiro atoms. The molecule has 7 heteroatoms. The molecule has 2 rings (SSSR count). The largest absolute Gasteiger partial charge is 0.382 e. The second-order valence-corrected chi connectivity index (χ2v) is 7.47. The number of hydrogen-bond acceptors (Lipinski definition) is 5. The molecule has 28 heavy (non-hydrogen) atoms. The van der Waals surface area contributed by atoms with Crippen LogP contribution < -0.4 is 5.32 Å². The number of carbonyl (C=O) groups excluding carboxylic acids is 2. The number of benzene rings is 1. The molecule has 1 aromatic carbocycles. The SMILES string of the molecule is CCOCCCN(CC(=O)Nc1nc(C)c(C)s1)C(=O)C=Cc1ccccc1. The molecule has 1 aromatic heterocycles. The zero-order valence-electron chi connectivity index (χ0n) is 16.6. The molecular formula is C21H27N3O3S. The van der Waals surface area contributed by atoms with Crippen LogP contribution >= 0.6 is 11.3 Å². The Morgan fingerprint density at radius 3 is 2.64 bits per heavy atom. The van der Waals surface area contributed by atoms with E-state index in [-0.39, 0.29) is 18.4 Å². The van der Waals surface area contributed by atoms with Gasteiger partial charge in [0.1, 0.15) is 6.54 Å². The third-order valence-electron chi connectivity index (χ3n) is 4.06. The lowest BCUT2D eigenvalue weighted by molar-refractivity contribution is -0.130. The number of nitrogens with zero attached hydrogens (tertiary/aromatic N) is 2. The number of ether oxygens (including phenoxy) is 1. The smallest absolute Gasteiger partial charge is 0.247 e. The summed E-state index contributed by atoms with van der Waals surface area (Å²) in [7, 11) is 0. The van der Waals surface area contributed by atoms with E-state index in [9.17, 15) is 9.59 Å². The van der Waals surface area contributed by atoms with Crippen LogP contribution in [0.15, 0.2) is 36.4 Å². The third kappa shape index (κ3) is 7.25. The highest BCUT2D eigenvalue weighted by atomic mass is 32.1. The van der Waals surface area contributed by atoms with Crippen molar-refractivity contribution < 1.29 is 14.3 Å². The lowest BCUT2D eigenvalue weighted by Crippen LogP contribution is -2.38. The van der Waals surface area contributed by atoms with Crippen molar-refractivity contribution in [3.8, 4) is 0 Å². The standard InChI is InChI=1S/C21H27N3O3S/c1-4-27-14-8-13-24(20(26)12-11-18-9-6-5-7-10-18)15-19(25)23-21-22-16(2)17(3)28-21/h5-7,9-12H,4,8,13-15H2,1-3H3,(H,22,23,25). The number of amides is 2. The normalized spacial score (nSPS) is 11.0. The number of aromatic nitrogens is 1. The number of nitrogens with one attached hydrogen (secondary N) is 1. The second kappa shape index (κ2) is 11.4. The maximum absolute atomic E-state index is 12.6. The van der Waals surface area contributed by atoms with Crippen LogP contribution in [0.2, 0.25) is 0 Å². The molecule has 150 valence electrons. The Morgan fingerprint density at radius 2 is 2.00 bits per heavy atom. The Balaban J connectivity index is 1.99. The molecule has 0 aliphatic carbocycles. The molecule has 2 amide bonds. The first kappa shape index (κ1) is 21.8. The molecule has 0 bridgehead atoms. The molecule has 0 unspecified atom stereocenters. The summed E-state index contributed by atoms with van der Waals surface area (Å²) < 4.78 is 5.34. The minimum atomic E-state index is -0.258. The number of aryl methyl sites for hydroxylation is 2. The summed E-state index contributed by atoms with van der Waals surface area (Å²) >= 11 is 1.43. The lowest BCUT2D eigenvalue weighted by atomic mass is 10.2. The molecule has 0 atom stereocenters. The predicted molar refractivity (Wildman–Crippen MR) is 113 cm³/mol. The molecule has 0 saturated heterocycles. The van der Waals surface area contributed by atoms with Gasteiger partial charge in [-0.1, -0.05) is 30.3 Å². The number of rotatable bonds is 10. The van der Waals surface area contributed by atoms with Crippen molar-refractivity contribution in [3.05, 3.63) is 52.5 Å². The summed E-state index contributed by atoms with van der Waals surface area (Å²) in [5.41, 5.74) is 1.83. The van der Waals surface area contributed by atoms with Gasteiger partial charge >= 0.3 is 0 Å². The maximum atomic E-state index is 12.6. The van der Waals surface area contributed by atoms with Gasteiger partial charge in [-0.25, -0.2) is 4.98 Å². The van der Waals surface area contributed by atoms with E-state index in [1.54, 1.807) is 6.08 Å². The molecule has 0 saturated carbocycles. The molecule has 0 aliphatic heterocycles. The summed E-state index contributed by atoms with van der Waals surface area (Å²) in [5, 5.41) is 3.34. The van der Waals surface area contributed by atoms with Crippen LogP contribution in [0.5, 0.6) is 0 Å². The fraction of sp³-hybridized carbons (Fsp3) is 0.381. The van der Waals surface area contributed by atoms with Crippen molar-refractivity contribution in [1.29, 1.82) is 0 Å². The Morgan fingerprint density at radius 1 is 1.25 bits per heavy atom. The van der Waals surface area contributed by atoms with E-state index in [2.05, 4.69) is 10.3 Å². The summed E-state index contributed by atoms with van der Waals surface area (Å²) in [6.45, 7) is 7.39. The van der Waals surface area contributed by atoms with Crippen LogP contribution in [0.3, 0.4) is 0 Å². The summed E-state index contributed by atoms with van der Waals surface area (Å²) in [6.07, 6.45) is 3.92. The van der Waals surface area contributed by atoms with E-state index in [4.69, 9.17) is 4.74 Å². The van der Waals surface area contributed by atoms with E-state index in [1.807, 2.05) is 51.1 Å². The quantitative estimate of drug-likeness (QED) is 0.487. The maximum Gasteiger partial charge on any atom is 0.247 e. The molecule has 1 N–H and O–H groups in total. The molecule has 0 radical (unpaired) electrons. The Labute approximate surface area is 170 Å². The number of hydrogen-bond donors (Lipinski definition) is 1. The van der Waals surface area contributed by atoms with Crippen LogP contribution in [-0.4, -0.2) is 48.0 Å². The van der Waals surface area contributed by atoms with Gasteiger partial charge in [0, 0.05) is 30.7 Å². The summed E-state index contributed by atoms with van der Waals surface area (Å²) in [6, 6.07) is 9.59. The van der Waals surface area contributed by atoms with Crippen molar-refractivity contribution in [2.45, 2.75) is 27.2 Å². The predicted octanol–water partition coefficient (Wildman–Crippen LogP) is 3.67. The zero-order valence-corrected chi connectivity index (χ0v) is 17.4. The van der Waals surface area contributed by atoms with E-state index >= 15 is 0 Å². The van der Waals surface area contributed by atoms with Gasteiger partial charge in [0.2, 0.25) is 11.8 Å². The van der Waals surface area contributed by atoms with Crippen LogP contribution in [0.1, 0.15) is 29.5 Å². The van der Waals surface area contributed by atoms with Crippen LogP contribution in [0, 0.1) is 13.8 Å². The van der Waals surface area contributed by atoms with Crippen molar-refractivity contribution in [2.24, 2.45) is 0 Å². The highest BCUT2D eigenvalue weighted by molar-refractivity contribution is 7.15. The number of thiazole rings is 1. The third-order valence-corrected chi connectivity index (χ3v) is 5.05.